The third kappa shape index (κ3) is 5.57. The molecule has 0 N–H and O–H groups in total. The maximum Gasteiger partial charge on any atom is 0.226 e. The van der Waals surface area contributed by atoms with E-state index in [2.05, 4.69) is 49.1 Å². The van der Waals surface area contributed by atoms with Crippen molar-refractivity contribution < 1.29 is 4.79 Å². The van der Waals surface area contributed by atoms with Crippen molar-refractivity contribution >= 4 is 11.6 Å². The van der Waals surface area contributed by atoms with E-state index in [1.807, 2.05) is 30.0 Å². The zero-order valence-corrected chi connectivity index (χ0v) is 15.9. The molecule has 25 heavy (non-hydrogen) atoms. The molecule has 3 nitrogen and oxygen atoms in total. The minimum atomic E-state index is 0.230. The van der Waals surface area contributed by atoms with E-state index in [0.29, 0.717) is 12.5 Å². The lowest BCUT2D eigenvalue weighted by molar-refractivity contribution is -0.119. The molecule has 0 aromatic heterocycles. The normalized spacial score (nSPS) is 17.2. The number of benzene rings is 1. The van der Waals surface area contributed by atoms with Crippen LogP contribution < -0.4 is 4.90 Å². The van der Waals surface area contributed by atoms with Gasteiger partial charge < -0.3 is 9.80 Å². The van der Waals surface area contributed by atoms with E-state index >= 15 is 0 Å². The van der Waals surface area contributed by atoms with Crippen LogP contribution in [-0.4, -0.2) is 36.5 Å². The predicted octanol–water partition coefficient (Wildman–Crippen LogP) is 4.81. The largest absolute Gasteiger partial charge is 0.309 e. The van der Waals surface area contributed by atoms with Gasteiger partial charge in [0.15, 0.2) is 0 Å². The molecule has 1 saturated heterocycles. The highest BCUT2D eigenvalue weighted by Gasteiger charge is 2.28. The van der Waals surface area contributed by atoms with Gasteiger partial charge in [0.1, 0.15) is 0 Å². The van der Waals surface area contributed by atoms with Gasteiger partial charge in [-0.25, -0.2) is 0 Å². The molecule has 0 spiro atoms. The number of rotatable bonds is 7. The first kappa shape index (κ1) is 19.5. The molecule has 0 bridgehead atoms. The number of likely N-dealkylation sites (tertiary alicyclic amines) is 1. The number of piperidine rings is 1. The summed E-state index contributed by atoms with van der Waals surface area (Å²) in [5.41, 5.74) is 2.44. The molecule has 0 radical (unpaired) electrons. The van der Waals surface area contributed by atoms with Crippen molar-refractivity contribution in [3.8, 4) is 0 Å². The van der Waals surface area contributed by atoms with Gasteiger partial charge in [-0.05, 0) is 45.2 Å². The SMILES string of the molecule is C/C=C\C(=C/C)CCN1CCC(N(C(=O)CC)c2ccccc2)CC1. The molecule has 1 aliphatic heterocycles. The highest BCUT2D eigenvalue weighted by molar-refractivity contribution is 5.93. The van der Waals surface area contributed by atoms with E-state index in [4.69, 9.17) is 0 Å². The van der Waals surface area contributed by atoms with Crippen molar-refractivity contribution in [1.82, 2.24) is 4.90 Å². The van der Waals surface area contributed by atoms with Crippen LogP contribution >= 0.6 is 0 Å². The van der Waals surface area contributed by atoms with Crippen LogP contribution in [-0.2, 0) is 4.79 Å². The van der Waals surface area contributed by atoms with E-state index < -0.39 is 0 Å². The Kier molecular flexibility index (Phi) is 7.93. The molecule has 2 rings (SSSR count). The highest BCUT2D eigenvalue weighted by Crippen LogP contribution is 2.25. The average Bonchev–Trinajstić information content (AvgIpc) is 2.67. The van der Waals surface area contributed by atoms with E-state index in [9.17, 15) is 4.79 Å². The van der Waals surface area contributed by atoms with Gasteiger partial charge >= 0.3 is 0 Å². The summed E-state index contributed by atoms with van der Waals surface area (Å²) >= 11 is 0. The number of carbonyl (C=O) groups excluding carboxylic acids is 1. The fraction of sp³-hybridized carbons (Fsp3) is 0.500. The molecular weight excluding hydrogens is 308 g/mol. The lowest BCUT2D eigenvalue weighted by Crippen LogP contribution is -2.47. The summed E-state index contributed by atoms with van der Waals surface area (Å²) in [5.74, 6) is 0.230. The number of hydrogen-bond donors (Lipinski definition) is 0. The number of hydrogen-bond acceptors (Lipinski definition) is 2. The standard InChI is InChI=1S/C22H32N2O/c1-4-10-19(5-2)13-16-23-17-14-21(15-18-23)24(22(25)6-3)20-11-8-7-9-12-20/h4-5,7-12,21H,6,13-18H2,1-3H3/b10-4-,19-5+. The first-order valence-electron chi connectivity index (χ1n) is 9.56. The van der Waals surface area contributed by atoms with Gasteiger partial charge in [0, 0.05) is 37.8 Å². The minimum Gasteiger partial charge on any atom is -0.309 e. The second-order valence-corrected chi connectivity index (χ2v) is 6.64. The van der Waals surface area contributed by atoms with Crippen molar-refractivity contribution in [3.05, 3.63) is 54.1 Å². The van der Waals surface area contributed by atoms with Gasteiger partial charge in [-0.15, -0.1) is 0 Å². The molecule has 136 valence electrons. The zero-order valence-electron chi connectivity index (χ0n) is 15.9. The van der Waals surface area contributed by atoms with Gasteiger partial charge in [0.05, 0.1) is 0 Å². The number of para-hydroxylation sites is 1. The molecule has 0 unspecified atom stereocenters. The maximum absolute atomic E-state index is 12.5. The molecule has 0 saturated carbocycles. The lowest BCUT2D eigenvalue weighted by atomic mass is 10.0. The molecule has 1 aromatic carbocycles. The Morgan fingerprint density at radius 2 is 1.88 bits per heavy atom. The predicted molar refractivity (Wildman–Crippen MR) is 107 cm³/mol. The van der Waals surface area contributed by atoms with Crippen LogP contribution in [0, 0.1) is 0 Å². The second kappa shape index (κ2) is 10.2. The molecule has 1 aliphatic rings. The maximum atomic E-state index is 12.5. The van der Waals surface area contributed by atoms with Crippen LogP contribution in [0.25, 0.3) is 0 Å². The summed E-state index contributed by atoms with van der Waals surface area (Å²) in [5, 5.41) is 0. The molecule has 1 aromatic rings. The van der Waals surface area contributed by atoms with Crippen LogP contribution in [0.1, 0.15) is 46.5 Å². The van der Waals surface area contributed by atoms with Crippen molar-refractivity contribution in [2.45, 2.75) is 52.5 Å². The van der Waals surface area contributed by atoms with Crippen molar-refractivity contribution in [3.63, 3.8) is 0 Å². The average molecular weight is 341 g/mol. The quantitative estimate of drug-likeness (QED) is 0.665. The second-order valence-electron chi connectivity index (χ2n) is 6.64. The van der Waals surface area contributed by atoms with E-state index in [1.165, 1.54) is 5.57 Å². The number of allylic oxidation sites excluding steroid dienone is 3. The van der Waals surface area contributed by atoms with Crippen molar-refractivity contribution in [1.29, 1.82) is 0 Å². The number of nitrogens with zero attached hydrogens (tertiary/aromatic N) is 2. The Bertz CT molecular complexity index is 583. The third-order valence-electron chi connectivity index (χ3n) is 5.00. The summed E-state index contributed by atoms with van der Waals surface area (Å²) in [6.07, 6.45) is 10.3. The minimum absolute atomic E-state index is 0.230. The third-order valence-corrected chi connectivity index (χ3v) is 5.00. The number of anilines is 1. The first-order valence-corrected chi connectivity index (χ1v) is 9.56. The van der Waals surface area contributed by atoms with E-state index in [-0.39, 0.29) is 5.91 Å². The van der Waals surface area contributed by atoms with Crippen LogP contribution in [0.4, 0.5) is 5.69 Å². The Labute approximate surface area is 153 Å². The summed E-state index contributed by atoms with van der Waals surface area (Å²) in [7, 11) is 0. The molecule has 1 heterocycles. The van der Waals surface area contributed by atoms with Crippen LogP contribution in [0.5, 0.6) is 0 Å². The molecule has 3 heteroatoms. The van der Waals surface area contributed by atoms with Crippen molar-refractivity contribution in [2.75, 3.05) is 24.5 Å². The summed E-state index contributed by atoms with van der Waals surface area (Å²) < 4.78 is 0. The Morgan fingerprint density at radius 3 is 2.44 bits per heavy atom. The fourth-order valence-electron chi connectivity index (χ4n) is 3.54. The van der Waals surface area contributed by atoms with Crippen LogP contribution in [0.15, 0.2) is 54.1 Å². The molecular formula is C22H32N2O. The monoisotopic (exact) mass is 340 g/mol. The Morgan fingerprint density at radius 1 is 1.20 bits per heavy atom. The van der Waals surface area contributed by atoms with E-state index in [0.717, 1.165) is 44.6 Å². The molecule has 1 amide bonds. The van der Waals surface area contributed by atoms with E-state index in [1.54, 1.807) is 0 Å². The zero-order chi connectivity index (χ0) is 18.1. The summed E-state index contributed by atoms with van der Waals surface area (Å²) in [6, 6.07) is 10.5. The topological polar surface area (TPSA) is 23.6 Å². The Balaban J connectivity index is 1.94. The smallest absolute Gasteiger partial charge is 0.226 e. The van der Waals surface area contributed by atoms with Crippen LogP contribution in [0.2, 0.25) is 0 Å². The van der Waals surface area contributed by atoms with Gasteiger partial charge in [0.25, 0.3) is 0 Å². The van der Waals surface area contributed by atoms with Gasteiger partial charge in [-0.2, -0.15) is 0 Å². The fourth-order valence-corrected chi connectivity index (χ4v) is 3.54. The molecule has 1 fully saturated rings. The summed E-state index contributed by atoms with van der Waals surface area (Å²) in [4.78, 5) is 17.1. The van der Waals surface area contributed by atoms with Gasteiger partial charge in [0.2, 0.25) is 5.91 Å². The highest BCUT2D eigenvalue weighted by atomic mass is 16.2. The lowest BCUT2D eigenvalue weighted by Gasteiger charge is -2.38. The Hall–Kier alpha value is -1.87. The number of amides is 1. The van der Waals surface area contributed by atoms with Crippen molar-refractivity contribution in [2.24, 2.45) is 0 Å². The summed E-state index contributed by atoms with van der Waals surface area (Å²) in [6.45, 7) is 9.36. The molecule has 0 atom stereocenters. The van der Waals surface area contributed by atoms with Gasteiger partial charge in [-0.3, -0.25) is 4.79 Å². The van der Waals surface area contributed by atoms with Gasteiger partial charge in [-0.1, -0.05) is 48.9 Å². The van der Waals surface area contributed by atoms with Crippen LogP contribution in [0.3, 0.4) is 0 Å². The first-order chi connectivity index (χ1) is 12.2. The molecule has 0 aliphatic carbocycles. The number of carbonyl (C=O) groups is 1.